The molecule has 35 heavy (non-hydrogen) atoms. The summed E-state index contributed by atoms with van der Waals surface area (Å²) in [6.07, 6.45) is 5.44. The highest BCUT2D eigenvalue weighted by atomic mass is 35.5. The Labute approximate surface area is 210 Å². The predicted molar refractivity (Wildman–Crippen MR) is 136 cm³/mol. The van der Waals surface area contributed by atoms with Gasteiger partial charge in [0.2, 0.25) is 0 Å². The smallest absolute Gasteiger partial charge is 0.289 e. The van der Waals surface area contributed by atoms with Crippen molar-refractivity contribution in [2.24, 2.45) is 0 Å². The molecule has 0 N–H and O–H groups in total. The summed E-state index contributed by atoms with van der Waals surface area (Å²) < 4.78 is 19.1. The van der Waals surface area contributed by atoms with Crippen LogP contribution in [-0.2, 0) is 14.3 Å². The number of halogens is 1. The molecular weight excluding hydrogens is 466 g/mol. The molecule has 2 saturated heterocycles. The summed E-state index contributed by atoms with van der Waals surface area (Å²) in [7, 11) is 1.62. The SMILES string of the molecule is CC.COc1cc(/C=C2\OCC3COCC(c4ccc(Cl)cc4)N3C2=O)ccc1-n1cnc(C)c1. The Morgan fingerprint density at radius 3 is 2.57 bits per heavy atom. The fraction of sp³-hybridized carbons (Fsp3) is 0.333. The number of rotatable bonds is 4. The molecule has 2 aliphatic heterocycles. The summed E-state index contributed by atoms with van der Waals surface area (Å²) in [4.78, 5) is 19.6. The highest BCUT2D eigenvalue weighted by Crippen LogP contribution is 2.34. The Balaban J connectivity index is 0.00000141. The zero-order valence-electron chi connectivity index (χ0n) is 20.4. The molecule has 1 aromatic heterocycles. The van der Waals surface area contributed by atoms with E-state index in [1.54, 1.807) is 19.5 Å². The molecule has 7 nitrogen and oxygen atoms in total. The average molecular weight is 496 g/mol. The fourth-order valence-corrected chi connectivity index (χ4v) is 4.41. The van der Waals surface area contributed by atoms with E-state index >= 15 is 0 Å². The van der Waals surface area contributed by atoms with Gasteiger partial charge >= 0.3 is 0 Å². The topological polar surface area (TPSA) is 65.8 Å². The van der Waals surface area contributed by atoms with Crippen LogP contribution in [-0.4, -0.2) is 53.3 Å². The van der Waals surface area contributed by atoms with E-state index in [9.17, 15) is 4.79 Å². The van der Waals surface area contributed by atoms with E-state index in [0.29, 0.717) is 36.4 Å². The van der Waals surface area contributed by atoms with Crippen molar-refractivity contribution in [2.45, 2.75) is 32.9 Å². The molecule has 1 amide bonds. The molecule has 2 aromatic carbocycles. The summed E-state index contributed by atoms with van der Waals surface area (Å²) in [5.74, 6) is 0.830. The molecule has 2 aliphatic rings. The number of hydrogen-bond donors (Lipinski definition) is 0. The number of carbonyl (C=O) groups is 1. The second kappa shape index (κ2) is 11.0. The van der Waals surface area contributed by atoms with Gasteiger partial charge in [0.05, 0.1) is 50.1 Å². The summed E-state index contributed by atoms with van der Waals surface area (Å²) >= 11 is 6.05. The number of methoxy groups -OCH3 is 1. The van der Waals surface area contributed by atoms with E-state index in [1.165, 1.54) is 0 Å². The van der Waals surface area contributed by atoms with E-state index in [4.69, 9.17) is 25.8 Å². The van der Waals surface area contributed by atoms with Crippen molar-refractivity contribution in [3.8, 4) is 11.4 Å². The van der Waals surface area contributed by atoms with Gasteiger partial charge in [-0.15, -0.1) is 0 Å². The first-order valence-electron chi connectivity index (χ1n) is 11.7. The van der Waals surface area contributed by atoms with Crippen LogP contribution in [0.3, 0.4) is 0 Å². The maximum Gasteiger partial charge on any atom is 0.289 e. The molecule has 3 heterocycles. The van der Waals surface area contributed by atoms with Gasteiger partial charge < -0.3 is 23.7 Å². The van der Waals surface area contributed by atoms with E-state index in [1.807, 2.05) is 78.9 Å². The number of fused-ring (bicyclic) bond motifs is 1. The lowest BCUT2D eigenvalue weighted by Crippen LogP contribution is -2.56. The first kappa shape index (κ1) is 24.8. The highest BCUT2D eigenvalue weighted by molar-refractivity contribution is 6.30. The molecule has 0 aliphatic carbocycles. The van der Waals surface area contributed by atoms with E-state index in [2.05, 4.69) is 4.98 Å². The van der Waals surface area contributed by atoms with Gasteiger partial charge in [-0.3, -0.25) is 4.79 Å². The van der Waals surface area contributed by atoms with Crippen LogP contribution in [0, 0.1) is 6.92 Å². The second-order valence-corrected chi connectivity index (χ2v) is 8.58. The largest absolute Gasteiger partial charge is 0.495 e. The van der Waals surface area contributed by atoms with Crippen LogP contribution in [0.5, 0.6) is 5.75 Å². The van der Waals surface area contributed by atoms with Gasteiger partial charge in [0, 0.05) is 11.2 Å². The second-order valence-electron chi connectivity index (χ2n) is 8.14. The molecule has 0 spiro atoms. The monoisotopic (exact) mass is 495 g/mol. The molecule has 184 valence electrons. The van der Waals surface area contributed by atoms with Gasteiger partial charge in [-0.1, -0.05) is 43.6 Å². The molecule has 0 saturated carbocycles. The molecular formula is C27H30ClN3O4. The minimum absolute atomic E-state index is 0.134. The number of amides is 1. The number of morpholine rings is 2. The molecule has 0 radical (unpaired) electrons. The third kappa shape index (κ3) is 5.21. The standard InChI is InChI=1S/C25H24ClN3O4.C2H6/c1-16-11-28(15-27-16)21-8-3-17(9-23(21)31-2)10-24-25(30)29-20(13-33-24)12-32-14-22(29)18-4-6-19(26)7-5-18;1-2/h3-11,15,20,22H,12-14H2,1-2H3;1-2H3/b24-10-;. The first-order valence-corrected chi connectivity index (χ1v) is 12.1. The van der Waals surface area contributed by atoms with Crippen LogP contribution in [0.1, 0.15) is 36.7 Å². The van der Waals surface area contributed by atoms with Crippen LogP contribution >= 0.6 is 11.6 Å². The van der Waals surface area contributed by atoms with Crippen LogP contribution in [0.4, 0.5) is 0 Å². The van der Waals surface area contributed by atoms with Crippen molar-refractivity contribution in [1.29, 1.82) is 0 Å². The Hall–Kier alpha value is -3.29. The van der Waals surface area contributed by atoms with Gasteiger partial charge in [-0.05, 0) is 48.4 Å². The minimum atomic E-state index is -0.192. The van der Waals surface area contributed by atoms with E-state index in [-0.39, 0.29) is 18.0 Å². The van der Waals surface area contributed by atoms with E-state index < -0.39 is 0 Å². The number of benzene rings is 2. The predicted octanol–water partition coefficient (Wildman–Crippen LogP) is 5.21. The third-order valence-electron chi connectivity index (χ3n) is 5.94. The van der Waals surface area contributed by atoms with Crippen LogP contribution in [0.25, 0.3) is 11.8 Å². The van der Waals surface area contributed by atoms with Gasteiger partial charge in [0.15, 0.2) is 5.76 Å². The summed E-state index contributed by atoms with van der Waals surface area (Å²) in [5, 5.41) is 0.657. The lowest BCUT2D eigenvalue weighted by molar-refractivity contribution is -0.157. The Kier molecular flexibility index (Phi) is 7.78. The van der Waals surface area contributed by atoms with Crippen LogP contribution < -0.4 is 4.74 Å². The summed E-state index contributed by atoms with van der Waals surface area (Å²) in [5.41, 5.74) is 3.58. The zero-order chi connectivity index (χ0) is 24.9. The molecule has 2 atom stereocenters. The fourth-order valence-electron chi connectivity index (χ4n) is 4.29. The normalized spacial score (nSPS) is 20.5. The first-order chi connectivity index (χ1) is 17.0. The van der Waals surface area contributed by atoms with Crippen LogP contribution in [0.2, 0.25) is 5.02 Å². The van der Waals surface area contributed by atoms with Crippen molar-refractivity contribution in [2.75, 3.05) is 26.9 Å². The molecule has 2 unspecified atom stereocenters. The summed E-state index contributed by atoms with van der Waals surface area (Å²) in [6, 6.07) is 13.0. The maximum absolute atomic E-state index is 13.5. The number of hydrogen-bond acceptors (Lipinski definition) is 5. The highest BCUT2D eigenvalue weighted by Gasteiger charge is 2.41. The molecule has 8 heteroatoms. The summed E-state index contributed by atoms with van der Waals surface area (Å²) in [6.45, 7) is 7.20. The Morgan fingerprint density at radius 2 is 1.89 bits per heavy atom. The van der Waals surface area contributed by atoms with E-state index in [0.717, 1.165) is 22.5 Å². The molecule has 5 rings (SSSR count). The van der Waals surface area contributed by atoms with Crippen molar-refractivity contribution >= 4 is 23.6 Å². The Bertz CT molecular complexity index is 1210. The van der Waals surface area contributed by atoms with Crippen molar-refractivity contribution < 1.29 is 19.0 Å². The molecule has 2 fully saturated rings. The molecule has 0 bridgehead atoms. The average Bonchev–Trinajstić information content (AvgIpc) is 3.33. The molecule has 3 aromatic rings. The number of carbonyl (C=O) groups excluding carboxylic acids is 1. The van der Waals surface area contributed by atoms with Crippen molar-refractivity contribution in [3.05, 3.63) is 82.6 Å². The lowest BCUT2D eigenvalue weighted by atomic mass is 10.0. The quantitative estimate of drug-likeness (QED) is 0.465. The van der Waals surface area contributed by atoms with Gasteiger partial charge in [-0.25, -0.2) is 4.98 Å². The Morgan fingerprint density at radius 1 is 1.11 bits per heavy atom. The minimum Gasteiger partial charge on any atom is -0.495 e. The van der Waals surface area contributed by atoms with Crippen LogP contribution in [0.15, 0.2) is 60.7 Å². The number of aromatic nitrogens is 2. The zero-order valence-corrected chi connectivity index (χ0v) is 21.2. The number of nitrogens with zero attached hydrogens (tertiary/aromatic N) is 3. The number of ether oxygens (including phenoxy) is 3. The van der Waals surface area contributed by atoms with Crippen molar-refractivity contribution in [3.63, 3.8) is 0 Å². The van der Waals surface area contributed by atoms with Gasteiger partial charge in [-0.2, -0.15) is 0 Å². The third-order valence-corrected chi connectivity index (χ3v) is 6.19. The van der Waals surface area contributed by atoms with Gasteiger partial charge in [0.25, 0.3) is 5.91 Å². The van der Waals surface area contributed by atoms with Gasteiger partial charge in [0.1, 0.15) is 12.4 Å². The number of imidazole rings is 1. The van der Waals surface area contributed by atoms with Crippen molar-refractivity contribution in [1.82, 2.24) is 14.5 Å². The maximum atomic E-state index is 13.5. The lowest BCUT2D eigenvalue weighted by Gasteiger charge is -2.45. The number of aryl methyl sites for hydroxylation is 1.